The number of Topliss-reactive ketones (excluding diaryl/α,β-unsaturated/α-hetero) is 1. The zero-order valence-corrected chi connectivity index (χ0v) is 10.5. The molecule has 90 valence electrons. The minimum Gasteiger partial charge on any atom is -0.295 e. The van der Waals surface area contributed by atoms with Crippen LogP contribution in [0.2, 0.25) is 0 Å². The molecule has 3 rings (SSSR count). The lowest BCUT2D eigenvalue weighted by Crippen LogP contribution is -1.93. The first-order chi connectivity index (χ1) is 8.75. The summed E-state index contributed by atoms with van der Waals surface area (Å²) in [7, 11) is 0. The third-order valence-electron chi connectivity index (χ3n) is 3.74. The van der Waals surface area contributed by atoms with Gasteiger partial charge in [-0.3, -0.25) is 4.79 Å². The molecule has 2 aromatic rings. The Morgan fingerprint density at radius 3 is 2.33 bits per heavy atom. The highest BCUT2D eigenvalue weighted by molar-refractivity contribution is 5.94. The van der Waals surface area contributed by atoms with Crippen LogP contribution in [-0.2, 0) is 0 Å². The van der Waals surface area contributed by atoms with Crippen LogP contribution in [0.1, 0.15) is 46.7 Å². The van der Waals surface area contributed by atoms with Gasteiger partial charge in [0.05, 0.1) is 0 Å². The molecule has 0 heterocycles. The number of ketones is 1. The summed E-state index contributed by atoms with van der Waals surface area (Å²) in [6.07, 6.45) is 1.20. The van der Waals surface area contributed by atoms with Crippen LogP contribution in [-0.4, -0.2) is 5.78 Å². The minimum absolute atomic E-state index is 0.147. The predicted molar refractivity (Wildman–Crippen MR) is 73.0 cm³/mol. The summed E-state index contributed by atoms with van der Waals surface area (Å²) >= 11 is 0. The molecule has 2 aromatic carbocycles. The minimum atomic E-state index is 0.147. The van der Waals surface area contributed by atoms with Gasteiger partial charge in [0.15, 0.2) is 5.78 Å². The molecule has 1 fully saturated rings. The average molecular weight is 236 g/mol. The molecule has 1 aliphatic carbocycles. The van der Waals surface area contributed by atoms with E-state index in [0.717, 1.165) is 5.56 Å². The second-order valence-corrected chi connectivity index (χ2v) is 5.04. The van der Waals surface area contributed by atoms with Gasteiger partial charge < -0.3 is 0 Å². The molecule has 0 spiro atoms. The van der Waals surface area contributed by atoms with E-state index in [4.69, 9.17) is 0 Å². The molecule has 0 amide bonds. The van der Waals surface area contributed by atoms with Crippen molar-refractivity contribution in [2.24, 2.45) is 0 Å². The normalized spacial score (nSPS) is 21.6. The SMILES string of the molecule is CC(=O)c1cccc([C@@H]2C[C@H]2c2ccccc2)c1. The smallest absolute Gasteiger partial charge is 0.159 e. The first kappa shape index (κ1) is 11.2. The number of carbonyl (C=O) groups excluding carboxylic acids is 1. The fourth-order valence-electron chi connectivity index (χ4n) is 2.62. The molecule has 0 saturated heterocycles. The molecule has 0 aliphatic heterocycles. The maximum atomic E-state index is 11.4. The highest BCUT2D eigenvalue weighted by Gasteiger charge is 2.39. The van der Waals surface area contributed by atoms with Gasteiger partial charge in [0, 0.05) is 5.56 Å². The molecule has 1 saturated carbocycles. The van der Waals surface area contributed by atoms with Crippen molar-refractivity contribution in [3.05, 3.63) is 71.3 Å². The highest BCUT2D eigenvalue weighted by atomic mass is 16.1. The monoisotopic (exact) mass is 236 g/mol. The Hall–Kier alpha value is -1.89. The molecule has 0 aromatic heterocycles. The van der Waals surface area contributed by atoms with Crippen LogP contribution in [0.5, 0.6) is 0 Å². The Morgan fingerprint density at radius 2 is 1.61 bits per heavy atom. The summed E-state index contributed by atoms with van der Waals surface area (Å²) in [4.78, 5) is 11.4. The summed E-state index contributed by atoms with van der Waals surface area (Å²) in [6, 6.07) is 18.7. The van der Waals surface area contributed by atoms with Crippen molar-refractivity contribution in [1.29, 1.82) is 0 Å². The van der Waals surface area contributed by atoms with Gasteiger partial charge >= 0.3 is 0 Å². The van der Waals surface area contributed by atoms with E-state index in [2.05, 4.69) is 42.5 Å². The summed E-state index contributed by atoms with van der Waals surface area (Å²) in [5, 5.41) is 0. The van der Waals surface area contributed by atoms with E-state index >= 15 is 0 Å². The molecule has 0 N–H and O–H groups in total. The molecule has 0 unspecified atom stereocenters. The average Bonchev–Trinajstić information content (AvgIpc) is 3.20. The van der Waals surface area contributed by atoms with E-state index in [-0.39, 0.29) is 5.78 Å². The Bertz CT molecular complexity index is 571. The van der Waals surface area contributed by atoms with Crippen molar-refractivity contribution in [2.45, 2.75) is 25.2 Å². The topological polar surface area (TPSA) is 17.1 Å². The van der Waals surface area contributed by atoms with E-state index < -0.39 is 0 Å². The summed E-state index contributed by atoms with van der Waals surface area (Å²) < 4.78 is 0. The molecule has 18 heavy (non-hydrogen) atoms. The van der Waals surface area contributed by atoms with Crippen molar-refractivity contribution in [2.75, 3.05) is 0 Å². The number of carbonyl (C=O) groups is 1. The first-order valence-corrected chi connectivity index (χ1v) is 6.41. The van der Waals surface area contributed by atoms with Crippen LogP contribution in [0.3, 0.4) is 0 Å². The molecule has 0 radical (unpaired) electrons. The lowest BCUT2D eigenvalue weighted by Gasteiger charge is -2.03. The standard InChI is InChI=1S/C17H16O/c1-12(18)14-8-5-9-15(10-14)17-11-16(17)13-6-3-2-4-7-13/h2-10,16-17H,11H2,1H3/t16-,17-/m0/s1. The van der Waals surface area contributed by atoms with Gasteiger partial charge in [-0.1, -0.05) is 48.5 Å². The van der Waals surface area contributed by atoms with E-state index in [1.165, 1.54) is 17.5 Å². The number of benzene rings is 2. The quantitative estimate of drug-likeness (QED) is 0.731. The second-order valence-electron chi connectivity index (χ2n) is 5.04. The van der Waals surface area contributed by atoms with E-state index in [1.54, 1.807) is 6.92 Å². The lowest BCUT2D eigenvalue weighted by molar-refractivity contribution is 0.101. The predicted octanol–water partition coefficient (Wildman–Crippen LogP) is 4.16. The van der Waals surface area contributed by atoms with Crippen molar-refractivity contribution in [3.63, 3.8) is 0 Å². The van der Waals surface area contributed by atoms with Crippen molar-refractivity contribution >= 4 is 5.78 Å². The van der Waals surface area contributed by atoms with Crippen LogP contribution in [0.25, 0.3) is 0 Å². The van der Waals surface area contributed by atoms with Gasteiger partial charge in [-0.2, -0.15) is 0 Å². The van der Waals surface area contributed by atoms with Crippen LogP contribution in [0.4, 0.5) is 0 Å². The lowest BCUT2D eigenvalue weighted by atomic mass is 10.0. The van der Waals surface area contributed by atoms with Crippen molar-refractivity contribution < 1.29 is 4.79 Å². The van der Waals surface area contributed by atoms with Crippen LogP contribution < -0.4 is 0 Å². The third kappa shape index (κ3) is 2.08. The zero-order valence-electron chi connectivity index (χ0n) is 10.5. The zero-order chi connectivity index (χ0) is 12.5. The molecule has 1 heteroatoms. The molecule has 1 aliphatic rings. The molecular weight excluding hydrogens is 220 g/mol. The fraction of sp³-hybridized carbons (Fsp3) is 0.235. The largest absolute Gasteiger partial charge is 0.295 e. The number of hydrogen-bond donors (Lipinski definition) is 0. The third-order valence-corrected chi connectivity index (χ3v) is 3.74. The van der Waals surface area contributed by atoms with Gasteiger partial charge in [0.2, 0.25) is 0 Å². The van der Waals surface area contributed by atoms with Crippen LogP contribution in [0, 0.1) is 0 Å². The number of hydrogen-bond acceptors (Lipinski definition) is 1. The summed E-state index contributed by atoms with van der Waals surface area (Å²) in [5.41, 5.74) is 3.54. The van der Waals surface area contributed by atoms with E-state index in [1.807, 2.05) is 12.1 Å². The Balaban J connectivity index is 1.82. The van der Waals surface area contributed by atoms with Crippen LogP contribution >= 0.6 is 0 Å². The van der Waals surface area contributed by atoms with E-state index in [0.29, 0.717) is 11.8 Å². The maximum absolute atomic E-state index is 11.4. The molecule has 1 nitrogen and oxygen atoms in total. The van der Waals surface area contributed by atoms with Gasteiger partial charge in [0.25, 0.3) is 0 Å². The van der Waals surface area contributed by atoms with Gasteiger partial charge in [-0.15, -0.1) is 0 Å². The first-order valence-electron chi connectivity index (χ1n) is 6.41. The summed E-state index contributed by atoms with van der Waals surface area (Å²) in [6.45, 7) is 1.63. The molecule has 0 bridgehead atoms. The Labute approximate surface area is 107 Å². The summed E-state index contributed by atoms with van der Waals surface area (Å²) in [5.74, 6) is 1.37. The fourth-order valence-corrected chi connectivity index (χ4v) is 2.62. The van der Waals surface area contributed by atoms with Gasteiger partial charge in [-0.25, -0.2) is 0 Å². The van der Waals surface area contributed by atoms with E-state index in [9.17, 15) is 4.79 Å². The van der Waals surface area contributed by atoms with Gasteiger partial charge in [-0.05, 0) is 42.4 Å². The molecular formula is C17H16O. The number of rotatable bonds is 3. The van der Waals surface area contributed by atoms with Crippen molar-refractivity contribution in [3.8, 4) is 0 Å². The van der Waals surface area contributed by atoms with Crippen LogP contribution in [0.15, 0.2) is 54.6 Å². The Kier molecular flexibility index (Phi) is 2.75. The highest BCUT2D eigenvalue weighted by Crippen LogP contribution is 2.54. The molecule has 2 atom stereocenters. The Morgan fingerprint density at radius 1 is 0.944 bits per heavy atom. The maximum Gasteiger partial charge on any atom is 0.159 e. The van der Waals surface area contributed by atoms with Gasteiger partial charge in [0.1, 0.15) is 0 Å². The second kappa shape index (κ2) is 4.41. The van der Waals surface area contributed by atoms with Crippen molar-refractivity contribution in [1.82, 2.24) is 0 Å².